The van der Waals surface area contributed by atoms with E-state index < -0.39 is 0 Å². The molecule has 2 aliphatic heterocycles. The number of ether oxygens (including phenoxy) is 2. The smallest absolute Gasteiger partial charge is 0.0741 e. The van der Waals surface area contributed by atoms with E-state index in [1.54, 1.807) is 0 Å². The Balaban J connectivity index is 1.79. The molecule has 3 nitrogen and oxygen atoms in total. The molecule has 0 amide bonds. The summed E-state index contributed by atoms with van der Waals surface area (Å²) in [7, 11) is 0. The summed E-state index contributed by atoms with van der Waals surface area (Å²) in [4.78, 5) is 0. The van der Waals surface area contributed by atoms with E-state index in [2.05, 4.69) is 26.1 Å². The van der Waals surface area contributed by atoms with Crippen LogP contribution >= 0.6 is 0 Å². The predicted molar refractivity (Wildman–Crippen MR) is 73.8 cm³/mol. The summed E-state index contributed by atoms with van der Waals surface area (Å²) in [6.45, 7) is 10.7. The monoisotopic (exact) mass is 255 g/mol. The molecule has 1 N–H and O–H groups in total. The van der Waals surface area contributed by atoms with Crippen molar-refractivity contribution in [2.24, 2.45) is 11.8 Å². The molecule has 0 radical (unpaired) electrons. The Morgan fingerprint density at radius 3 is 2.56 bits per heavy atom. The maximum Gasteiger partial charge on any atom is 0.0741 e. The third-order valence-electron chi connectivity index (χ3n) is 4.76. The number of nitrogens with one attached hydrogen (secondary N) is 1. The highest BCUT2D eigenvalue weighted by atomic mass is 16.5. The maximum absolute atomic E-state index is 6.07. The Bertz CT molecular complexity index is 243. The summed E-state index contributed by atoms with van der Waals surface area (Å²) in [5.74, 6) is 1.51. The zero-order chi connectivity index (χ0) is 13.0. The van der Waals surface area contributed by atoms with E-state index in [4.69, 9.17) is 9.47 Å². The molecular weight excluding hydrogens is 226 g/mol. The number of hydrogen-bond donors (Lipinski definition) is 1. The average molecular weight is 255 g/mol. The summed E-state index contributed by atoms with van der Waals surface area (Å²) in [6.07, 6.45) is 4.48. The number of rotatable bonds is 4. The topological polar surface area (TPSA) is 30.5 Å². The lowest BCUT2D eigenvalue weighted by Gasteiger charge is -2.43. The first kappa shape index (κ1) is 14.3. The fraction of sp³-hybridized carbons (Fsp3) is 1.00. The molecule has 2 saturated heterocycles. The van der Waals surface area contributed by atoms with Crippen molar-refractivity contribution in [1.82, 2.24) is 5.32 Å². The van der Waals surface area contributed by atoms with Gasteiger partial charge in [-0.1, -0.05) is 20.8 Å². The molecule has 2 aliphatic rings. The van der Waals surface area contributed by atoms with Crippen molar-refractivity contribution in [2.45, 2.75) is 58.1 Å². The van der Waals surface area contributed by atoms with Gasteiger partial charge in [0, 0.05) is 25.9 Å². The molecule has 0 aromatic rings. The zero-order valence-electron chi connectivity index (χ0n) is 12.2. The van der Waals surface area contributed by atoms with Gasteiger partial charge in [-0.05, 0) is 44.1 Å². The fourth-order valence-corrected chi connectivity index (χ4v) is 2.88. The van der Waals surface area contributed by atoms with E-state index >= 15 is 0 Å². The Morgan fingerprint density at radius 1 is 1.17 bits per heavy atom. The molecular formula is C15H29NO2. The Hall–Kier alpha value is -0.120. The van der Waals surface area contributed by atoms with Crippen molar-refractivity contribution in [3.63, 3.8) is 0 Å². The van der Waals surface area contributed by atoms with Gasteiger partial charge in [0.05, 0.1) is 5.60 Å². The molecule has 0 aliphatic carbocycles. The summed E-state index contributed by atoms with van der Waals surface area (Å²) in [5, 5.41) is 3.75. The molecule has 0 saturated carbocycles. The van der Waals surface area contributed by atoms with Gasteiger partial charge in [0.15, 0.2) is 0 Å². The second-order valence-corrected chi connectivity index (χ2v) is 6.46. The fourth-order valence-electron chi connectivity index (χ4n) is 2.88. The normalized spacial score (nSPS) is 29.7. The van der Waals surface area contributed by atoms with Crippen molar-refractivity contribution in [3.8, 4) is 0 Å². The van der Waals surface area contributed by atoms with Gasteiger partial charge in [-0.2, -0.15) is 0 Å². The zero-order valence-corrected chi connectivity index (χ0v) is 12.2. The Labute approximate surface area is 112 Å². The van der Waals surface area contributed by atoms with E-state index in [1.165, 1.54) is 6.42 Å². The first-order valence-corrected chi connectivity index (χ1v) is 7.56. The molecule has 0 aromatic carbocycles. The van der Waals surface area contributed by atoms with Gasteiger partial charge in [0.25, 0.3) is 0 Å². The van der Waals surface area contributed by atoms with E-state index in [0.29, 0.717) is 6.04 Å². The molecule has 106 valence electrons. The largest absolute Gasteiger partial charge is 0.381 e. The van der Waals surface area contributed by atoms with Crippen LogP contribution in [0.5, 0.6) is 0 Å². The van der Waals surface area contributed by atoms with E-state index in [-0.39, 0.29) is 5.60 Å². The summed E-state index contributed by atoms with van der Waals surface area (Å²) >= 11 is 0. The van der Waals surface area contributed by atoms with Gasteiger partial charge in [-0.3, -0.25) is 0 Å². The van der Waals surface area contributed by atoms with Crippen LogP contribution in [0, 0.1) is 11.8 Å². The average Bonchev–Trinajstić information content (AvgIpc) is 2.37. The summed E-state index contributed by atoms with van der Waals surface area (Å²) < 4.78 is 11.5. The van der Waals surface area contributed by atoms with Crippen LogP contribution < -0.4 is 5.32 Å². The van der Waals surface area contributed by atoms with E-state index in [1.807, 2.05) is 0 Å². The van der Waals surface area contributed by atoms with Crippen molar-refractivity contribution < 1.29 is 9.47 Å². The van der Waals surface area contributed by atoms with Crippen LogP contribution in [0.1, 0.15) is 46.5 Å². The quantitative estimate of drug-likeness (QED) is 0.837. The maximum atomic E-state index is 6.07. The third-order valence-corrected chi connectivity index (χ3v) is 4.76. The predicted octanol–water partition coefficient (Wildman–Crippen LogP) is 2.60. The van der Waals surface area contributed by atoms with Crippen molar-refractivity contribution in [2.75, 3.05) is 26.4 Å². The van der Waals surface area contributed by atoms with Gasteiger partial charge >= 0.3 is 0 Å². The lowest BCUT2D eigenvalue weighted by Crippen LogP contribution is -2.50. The van der Waals surface area contributed by atoms with Crippen LogP contribution in [-0.2, 0) is 9.47 Å². The molecule has 2 fully saturated rings. The second-order valence-electron chi connectivity index (χ2n) is 6.46. The van der Waals surface area contributed by atoms with Gasteiger partial charge in [-0.15, -0.1) is 0 Å². The van der Waals surface area contributed by atoms with Gasteiger partial charge in [-0.25, -0.2) is 0 Å². The van der Waals surface area contributed by atoms with E-state index in [9.17, 15) is 0 Å². The van der Waals surface area contributed by atoms with Crippen molar-refractivity contribution in [1.29, 1.82) is 0 Å². The molecule has 1 spiro atoms. The van der Waals surface area contributed by atoms with Gasteiger partial charge in [0.2, 0.25) is 0 Å². The lowest BCUT2D eigenvalue weighted by atomic mass is 9.84. The van der Waals surface area contributed by atoms with Crippen LogP contribution in [0.4, 0.5) is 0 Å². The van der Waals surface area contributed by atoms with Gasteiger partial charge < -0.3 is 14.8 Å². The highest BCUT2D eigenvalue weighted by Gasteiger charge is 2.38. The standard InChI is InChI=1S/C15H29NO2/c1-12(2)13(3)11-16-14-4-7-18-15(10-14)5-8-17-9-6-15/h12-14,16H,4-11H2,1-3H3. The Morgan fingerprint density at radius 2 is 1.89 bits per heavy atom. The molecule has 0 aromatic heterocycles. The minimum Gasteiger partial charge on any atom is -0.381 e. The van der Waals surface area contributed by atoms with Crippen LogP contribution in [0.2, 0.25) is 0 Å². The van der Waals surface area contributed by atoms with Crippen molar-refractivity contribution >= 4 is 0 Å². The molecule has 2 atom stereocenters. The second kappa shape index (κ2) is 6.36. The third kappa shape index (κ3) is 3.69. The van der Waals surface area contributed by atoms with E-state index in [0.717, 1.165) is 57.5 Å². The molecule has 2 unspecified atom stereocenters. The lowest BCUT2D eigenvalue weighted by molar-refractivity contribution is -0.140. The molecule has 0 bridgehead atoms. The molecule has 2 heterocycles. The minimum atomic E-state index is 0.120. The summed E-state index contributed by atoms with van der Waals surface area (Å²) in [6, 6.07) is 0.637. The van der Waals surface area contributed by atoms with Crippen LogP contribution in [-0.4, -0.2) is 38.0 Å². The van der Waals surface area contributed by atoms with Gasteiger partial charge in [0.1, 0.15) is 0 Å². The molecule has 2 rings (SSSR count). The van der Waals surface area contributed by atoms with Crippen molar-refractivity contribution in [3.05, 3.63) is 0 Å². The first-order chi connectivity index (χ1) is 8.61. The first-order valence-electron chi connectivity index (χ1n) is 7.56. The number of hydrogen-bond acceptors (Lipinski definition) is 3. The summed E-state index contributed by atoms with van der Waals surface area (Å²) in [5.41, 5.74) is 0.120. The van der Waals surface area contributed by atoms with Crippen LogP contribution in [0.15, 0.2) is 0 Å². The SMILES string of the molecule is CC(C)C(C)CNC1CCOC2(CCOCC2)C1. The van der Waals surface area contributed by atoms with Crippen LogP contribution in [0.25, 0.3) is 0 Å². The van der Waals surface area contributed by atoms with Crippen LogP contribution in [0.3, 0.4) is 0 Å². The Kier molecular flexibility index (Phi) is 5.05. The molecule has 3 heteroatoms. The minimum absolute atomic E-state index is 0.120. The highest BCUT2D eigenvalue weighted by molar-refractivity contribution is 4.91. The highest BCUT2D eigenvalue weighted by Crippen LogP contribution is 2.34. The molecule has 18 heavy (non-hydrogen) atoms.